The summed E-state index contributed by atoms with van der Waals surface area (Å²) in [6.07, 6.45) is 4.68. The predicted octanol–water partition coefficient (Wildman–Crippen LogP) is -0.0147. The molecule has 0 aromatic carbocycles. The lowest BCUT2D eigenvalue weighted by Crippen LogP contribution is -1.97. The molecule has 0 aliphatic heterocycles. The van der Waals surface area contributed by atoms with Crippen LogP contribution in [-0.2, 0) is 6.54 Å². The first-order valence-electron chi connectivity index (χ1n) is 3.69. The van der Waals surface area contributed by atoms with Crippen LogP contribution in [0, 0.1) is 0 Å². The van der Waals surface area contributed by atoms with Gasteiger partial charge in [0.05, 0.1) is 12.7 Å². The molecule has 0 fully saturated rings. The van der Waals surface area contributed by atoms with Gasteiger partial charge in [-0.25, -0.2) is 4.98 Å². The lowest BCUT2D eigenvalue weighted by Gasteiger charge is -1.88. The fourth-order valence-corrected chi connectivity index (χ4v) is 0.850. The first-order valence-corrected chi connectivity index (χ1v) is 3.69. The highest BCUT2D eigenvalue weighted by Crippen LogP contribution is 2.11. The van der Waals surface area contributed by atoms with Crippen LogP contribution in [0.4, 0.5) is 0 Å². The van der Waals surface area contributed by atoms with Gasteiger partial charge in [0, 0.05) is 12.4 Å². The smallest absolute Gasteiger partial charge is 0.278 e. The fraction of sp³-hybridized carbons (Fsp3) is 0.143. The summed E-state index contributed by atoms with van der Waals surface area (Å²) in [6.45, 7) is 0.254. The summed E-state index contributed by atoms with van der Waals surface area (Å²) < 4.78 is 4.90. The number of rotatable bonds is 2. The van der Waals surface area contributed by atoms with Gasteiger partial charge in [0.15, 0.2) is 5.82 Å². The number of nitrogens with zero attached hydrogens (tertiary/aromatic N) is 4. The molecule has 2 heterocycles. The van der Waals surface area contributed by atoms with Crippen molar-refractivity contribution >= 4 is 0 Å². The first kappa shape index (κ1) is 7.81. The molecule has 0 bridgehead atoms. The van der Waals surface area contributed by atoms with E-state index in [0.717, 1.165) is 0 Å². The van der Waals surface area contributed by atoms with Crippen LogP contribution in [0.25, 0.3) is 11.6 Å². The molecular formula is C7H7N5O. The Labute approximate surface area is 73.8 Å². The lowest BCUT2D eigenvalue weighted by atomic mass is 10.4. The van der Waals surface area contributed by atoms with Crippen LogP contribution in [0.2, 0.25) is 0 Å². The van der Waals surface area contributed by atoms with Gasteiger partial charge in [-0.2, -0.15) is 4.98 Å². The molecule has 2 aromatic heterocycles. The molecule has 2 aromatic rings. The SMILES string of the molecule is NCc1noc(-c2cnccn2)n1. The Morgan fingerprint density at radius 3 is 2.92 bits per heavy atom. The number of hydrogen-bond acceptors (Lipinski definition) is 6. The van der Waals surface area contributed by atoms with E-state index in [2.05, 4.69) is 20.1 Å². The summed E-state index contributed by atoms with van der Waals surface area (Å²) in [5, 5.41) is 3.63. The molecule has 0 spiro atoms. The molecule has 2 rings (SSSR count). The summed E-state index contributed by atoms with van der Waals surface area (Å²) in [5.41, 5.74) is 5.87. The van der Waals surface area contributed by atoms with Gasteiger partial charge in [-0.1, -0.05) is 5.16 Å². The number of aromatic nitrogens is 4. The summed E-state index contributed by atoms with van der Waals surface area (Å²) >= 11 is 0. The fourth-order valence-electron chi connectivity index (χ4n) is 0.850. The summed E-state index contributed by atoms with van der Waals surface area (Å²) in [7, 11) is 0. The predicted molar refractivity (Wildman–Crippen MR) is 43.2 cm³/mol. The standard InChI is InChI=1S/C7H7N5O/c8-3-6-11-7(13-12-6)5-4-9-1-2-10-5/h1-2,4H,3,8H2. The molecule has 0 aliphatic carbocycles. The highest BCUT2D eigenvalue weighted by atomic mass is 16.5. The lowest BCUT2D eigenvalue weighted by molar-refractivity contribution is 0.421. The average Bonchev–Trinajstić information content (AvgIpc) is 2.67. The van der Waals surface area contributed by atoms with Crippen LogP contribution in [0.3, 0.4) is 0 Å². The van der Waals surface area contributed by atoms with E-state index in [9.17, 15) is 0 Å². The second kappa shape index (κ2) is 3.28. The van der Waals surface area contributed by atoms with Gasteiger partial charge in [-0.3, -0.25) is 4.98 Å². The van der Waals surface area contributed by atoms with Crippen molar-refractivity contribution < 1.29 is 4.52 Å². The molecule has 66 valence electrons. The molecule has 6 heteroatoms. The molecule has 0 atom stereocenters. The second-order valence-electron chi connectivity index (χ2n) is 2.31. The van der Waals surface area contributed by atoms with E-state index >= 15 is 0 Å². The molecule has 13 heavy (non-hydrogen) atoms. The molecule has 0 saturated carbocycles. The van der Waals surface area contributed by atoms with Gasteiger partial charge >= 0.3 is 0 Å². The largest absolute Gasteiger partial charge is 0.332 e. The maximum atomic E-state index is 5.32. The summed E-state index contributed by atoms with van der Waals surface area (Å²) in [6, 6.07) is 0. The third kappa shape index (κ3) is 1.52. The maximum Gasteiger partial charge on any atom is 0.278 e. The average molecular weight is 177 g/mol. The molecule has 0 amide bonds. The van der Waals surface area contributed by atoms with Crippen molar-refractivity contribution in [1.82, 2.24) is 20.1 Å². The highest BCUT2D eigenvalue weighted by Gasteiger charge is 2.07. The van der Waals surface area contributed by atoms with Crippen molar-refractivity contribution in [3.63, 3.8) is 0 Å². The zero-order valence-electron chi connectivity index (χ0n) is 6.71. The molecule has 0 aliphatic rings. The van der Waals surface area contributed by atoms with E-state index in [-0.39, 0.29) is 6.54 Å². The van der Waals surface area contributed by atoms with Crippen molar-refractivity contribution in [3.05, 3.63) is 24.4 Å². The number of hydrogen-bond donors (Lipinski definition) is 1. The minimum atomic E-state index is 0.254. The summed E-state index contributed by atoms with van der Waals surface area (Å²) in [5.74, 6) is 0.800. The monoisotopic (exact) mass is 177 g/mol. The van der Waals surface area contributed by atoms with Gasteiger partial charge in [-0.15, -0.1) is 0 Å². The second-order valence-corrected chi connectivity index (χ2v) is 2.31. The van der Waals surface area contributed by atoms with Gasteiger partial charge in [-0.05, 0) is 0 Å². The third-order valence-electron chi connectivity index (χ3n) is 1.43. The minimum Gasteiger partial charge on any atom is -0.332 e. The van der Waals surface area contributed by atoms with Crippen LogP contribution < -0.4 is 5.73 Å². The van der Waals surface area contributed by atoms with Gasteiger partial charge in [0.25, 0.3) is 5.89 Å². The van der Waals surface area contributed by atoms with E-state index in [1.807, 2.05) is 0 Å². The Hall–Kier alpha value is -1.82. The Kier molecular flexibility index (Phi) is 1.97. The van der Waals surface area contributed by atoms with Gasteiger partial charge in [0.2, 0.25) is 0 Å². The highest BCUT2D eigenvalue weighted by molar-refractivity contribution is 5.43. The van der Waals surface area contributed by atoms with Crippen LogP contribution >= 0.6 is 0 Å². The normalized spacial score (nSPS) is 10.2. The summed E-state index contributed by atoms with van der Waals surface area (Å²) in [4.78, 5) is 11.9. The van der Waals surface area contributed by atoms with Crippen LogP contribution in [0.15, 0.2) is 23.1 Å². The Bertz CT molecular complexity index is 385. The molecule has 0 radical (unpaired) electrons. The van der Waals surface area contributed by atoms with Crippen LogP contribution in [-0.4, -0.2) is 20.1 Å². The quantitative estimate of drug-likeness (QED) is 0.693. The van der Waals surface area contributed by atoms with Crippen molar-refractivity contribution in [1.29, 1.82) is 0 Å². The maximum absolute atomic E-state index is 5.32. The zero-order chi connectivity index (χ0) is 9.10. The van der Waals surface area contributed by atoms with Crippen molar-refractivity contribution in [2.45, 2.75) is 6.54 Å². The van der Waals surface area contributed by atoms with Crippen molar-refractivity contribution in [2.75, 3.05) is 0 Å². The van der Waals surface area contributed by atoms with E-state index in [1.54, 1.807) is 18.6 Å². The zero-order valence-corrected chi connectivity index (χ0v) is 6.71. The van der Waals surface area contributed by atoms with Gasteiger partial charge in [0.1, 0.15) is 5.69 Å². The number of nitrogens with two attached hydrogens (primary N) is 1. The minimum absolute atomic E-state index is 0.254. The third-order valence-corrected chi connectivity index (χ3v) is 1.43. The van der Waals surface area contributed by atoms with Crippen molar-refractivity contribution in [3.8, 4) is 11.6 Å². The Morgan fingerprint density at radius 2 is 2.31 bits per heavy atom. The first-order chi connectivity index (χ1) is 6.40. The van der Waals surface area contributed by atoms with E-state index < -0.39 is 0 Å². The molecular weight excluding hydrogens is 170 g/mol. The topological polar surface area (TPSA) is 90.7 Å². The molecule has 0 unspecified atom stereocenters. The molecule has 0 saturated heterocycles. The van der Waals surface area contributed by atoms with Crippen LogP contribution in [0.1, 0.15) is 5.82 Å². The Morgan fingerprint density at radius 1 is 1.38 bits per heavy atom. The van der Waals surface area contributed by atoms with E-state index in [4.69, 9.17) is 10.3 Å². The van der Waals surface area contributed by atoms with E-state index in [0.29, 0.717) is 17.4 Å². The van der Waals surface area contributed by atoms with Gasteiger partial charge < -0.3 is 10.3 Å². The molecule has 6 nitrogen and oxygen atoms in total. The van der Waals surface area contributed by atoms with E-state index in [1.165, 1.54) is 0 Å². The van der Waals surface area contributed by atoms with Crippen LogP contribution in [0.5, 0.6) is 0 Å². The Balaban J connectivity index is 2.36. The molecule has 2 N–H and O–H groups in total. The van der Waals surface area contributed by atoms with Crippen molar-refractivity contribution in [2.24, 2.45) is 5.73 Å².